The van der Waals surface area contributed by atoms with E-state index in [0.29, 0.717) is 0 Å². The second-order valence-corrected chi connectivity index (χ2v) is 12.3. The zero-order chi connectivity index (χ0) is 29.6. The third-order valence-electron chi connectivity index (χ3n) is 6.88. The highest BCUT2D eigenvalue weighted by Crippen LogP contribution is 2.30. The highest BCUT2D eigenvalue weighted by Gasteiger charge is 2.41. The molecule has 8 nitrogen and oxygen atoms in total. The predicted molar refractivity (Wildman–Crippen MR) is 152 cm³/mol. The number of nitrogens with zero attached hydrogens (tertiary/aromatic N) is 1. The standard InChI is InChI=1S/C30H49N3O5/c1-18(2)23(17-20(5)28(36)37)33(12)27(35)25(29(6,7)8)32-26(34)24(31-11)30(9,10)21-13-15-22(16-14-21)38-19(3)4/h13-19,23-25,31H,1-12H3,(H,32,34)(H,36,37)/b20-17+/t23-,24-,25-/m1/s1. The summed E-state index contributed by atoms with van der Waals surface area (Å²) in [5, 5.41) is 15.5. The molecule has 0 saturated carbocycles. The van der Waals surface area contributed by atoms with E-state index < -0.39 is 34.9 Å². The Morgan fingerprint density at radius 1 is 0.974 bits per heavy atom. The van der Waals surface area contributed by atoms with Gasteiger partial charge in [0.05, 0.1) is 18.2 Å². The smallest absolute Gasteiger partial charge is 0.331 e. The minimum Gasteiger partial charge on any atom is -0.491 e. The van der Waals surface area contributed by atoms with E-state index >= 15 is 0 Å². The van der Waals surface area contributed by atoms with Gasteiger partial charge in [-0.1, -0.05) is 66.7 Å². The number of amides is 2. The van der Waals surface area contributed by atoms with Crippen molar-refractivity contribution in [3.8, 4) is 5.75 Å². The summed E-state index contributed by atoms with van der Waals surface area (Å²) in [6, 6.07) is 5.82. The molecule has 0 fully saturated rings. The van der Waals surface area contributed by atoms with E-state index in [9.17, 15) is 19.5 Å². The summed E-state index contributed by atoms with van der Waals surface area (Å²) in [6.07, 6.45) is 1.66. The Labute approximate surface area is 229 Å². The van der Waals surface area contributed by atoms with Crippen molar-refractivity contribution in [2.45, 2.75) is 98.9 Å². The van der Waals surface area contributed by atoms with E-state index in [2.05, 4.69) is 10.6 Å². The first-order valence-electron chi connectivity index (χ1n) is 13.3. The highest BCUT2D eigenvalue weighted by atomic mass is 16.5. The second-order valence-electron chi connectivity index (χ2n) is 12.3. The molecule has 3 atom stereocenters. The average Bonchev–Trinajstić information content (AvgIpc) is 2.79. The van der Waals surface area contributed by atoms with E-state index in [1.54, 1.807) is 25.1 Å². The number of aliphatic carboxylic acids is 1. The van der Waals surface area contributed by atoms with Gasteiger partial charge in [-0.2, -0.15) is 0 Å². The van der Waals surface area contributed by atoms with Crippen molar-refractivity contribution in [2.24, 2.45) is 11.3 Å². The normalized spacial score (nSPS) is 15.2. The lowest BCUT2D eigenvalue weighted by Crippen LogP contribution is -2.61. The van der Waals surface area contributed by atoms with E-state index in [0.717, 1.165) is 11.3 Å². The number of ether oxygens (including phenoxy) is 1. The maximum Gasteiger partial charge on any atom is 0.331 e. The van der Waals surface area contributed by atoms with Crippen LogP contribution >= 0.6 is 0 Å². The number of hydrogen-bond donors (Lipinski definition) is 3. The van der Waals surface area contributed by atoms with E-state index in [4.69, 9.17) is 4.74 Å². The Kier molecular flexibility index (Phi) is 11.6. The molecule has 0 saturated heterocycles. The van der Waals surface area contributed by atoms with E-state index in [1.807, 2.05) is 86.6 Å². The molecule has 0 unspecified atom stereocenters. The Hall–Kier alpha value is -2.87. The van der Waals surface area contributed by atoms with Gasteiger partial charge in [0.2, 0.25) is 11.8 Å². The van der Waals surface area contributed by atoms with Crippen LogP contribution in [0, 0.1) is 11.3 Å². The zero-order valence-corrected chi connectivity index (χ0v) is 25.3. The van der Waals surface area contributed by atoms with Crippen LogP contribution in [0.2, 0.25) is 0 Å². The molecule has 0 bridgehead atoms. The van der Waals surface area contributed by atoms with Crippen LogP contribution in [0.1, 0.15) is 74.8 Å². The fourth-order valence-electron chi connectivity index (χ4n) is 4.53. The molecular formula is C30H49N3O5. The summed E-state index contributed by atoms with van der Waals surface area (Å²) in [5.74, 6) is -0.860. The van der Waals surface area contributed by atoms with Gasteiger partial charge < -0.3 is 25.4 Å². The molecule has 2 amide bonds. The Bertz CT molecular complexity index is 990. The topological polar surface area (TPSA) is 108 Å². The molecule has 1 aromatic rings. The van der Waals surface area contributed by atoms with Crippen LogP contribution in [-0.4, -0.2) is 66.1 Å². The minimum absolute atomic E-state index is 0.0267. The lowest BCUT2D eigenvalue weighted by molar-refractivity contribution is -0.141. The molecule has 0 spiro atoms. The fourth-order valence-corrected chi connectivity index (χ4v) is 4.53. The van der Waals surface area contributed by atoms with Crippen LogP contribution in [0.25, 0.3) is 0 Å². The molecule has 38 heavy (non-hydrogen) atoms. The summed E-state index contributed by atoms with van der Waals surface area (Å²) in [4.78, 5) is 40.5. The van der Waals surface area contributed by atoms with Gasteiger partial charge in [-0.25, -0.2) is 4.79 Å². The lowest BCUT2D eigenvalue weighted by Gasteiger charge is -2.40. The number of nitrogens with one attached hydrogen (secondary N) is 2. The molecule has 8 heteroatoms. The van der Waals surface area contributed by atoms with E-state index in [1.165, 1.54) is 6.92 Å². The molecule has 0 aromatic heterocycles. The number of carbonyl (C=O) groups is 3. The third-order valence-corrected chi connectivity index (χ3v) is 6.88. The molecule has 0 heterocycles. The van der Waals surface area contributed by atoms with Crippen molar-refractivity contribution in [2.75, 3.05) is 14.1 Å². The SMILES string of the molecule is CN[C@H](C(=O)N[C@H](C(=O)N(C)[C@H](/C=C(\C)C(=O)O)C(C)C)C(C)(C)C)C(C)(C)c1ccc(OC(C)C)cc1. The number of likely N-dealkylation sites (N-methyl/N-ethyl adjacent to an activating group) is 2. The van der Waals surface area contributed by atoms with E-state index in [-0.39, 0.29) is 29.4 Å². The number of rotatable bonds is 12. The number of carbonyl (C=O) groups excluding carboxylic acids is 2. The Morgan fingerprint density at radius 3 is 1.89 bits per heavy atom. The number of carboxylic acid groups (broad SMARTS) is 1. The Morgan fingerprint density at radius 2 is 1.50 bits per heavy atom. The zero-order valence-electron chi connectivity index (χ0n) is 25.3. The van der Waals surface area contributed by atoms with Gasteiger partial charge in [0.25, 0.3) is 0 Å². The first-order valence-corrected chi connectivity index (χ1v) is 13.3. The summed E-state index contributed by atoms with van der Waals surface area (Å²) in [5.41, 5.74) is -0.0738. The van der Waals surface area contributed by atoms with Crippen molar-refractivity contribution in [3.63, 3.8) is 0 Å². The minimum atomic E-state index is -1.03. The van der Waals surface area contributed by atoms with Gasteiger partial charge in [0.1, 0.15) is 11.8 Å². The monoisotopic (exact) mass is 531 g/mol. The van der Waals surface area contributed by atoms with Crippen molar-refractivity contribution < 1.29 is 24.2 Å². The van der Waals surface area contributed by atoms with Crippen LogP contribution < -0.4 is 15.4 Å². The summed E-state index contributed by atoms with van der Waals surface area (Å²) in [7, 11) is 3.39. The second kappa shape index (κ2) is 13.3. The van der Waals surface area contributed by atoms with Crippen LogP contribution in [0.15, 0.2) is 35.9 Å². The number of benzene rings is 1. The lowest BCUT2D eigenvalue weighted by atomic mass is 9.76. The number of carboxylic acids is 1. The van der Waals surface area contributed by atoms with Crippen molar-refractivity contribution >= 4 is 17.8 Å². The van der Waals surface area contributed by atoms with Crippen LogP contribution in [-0.2, 0) is 19.8 Å². The molecule has 0 aliphatic heterocycles. The number of hydrogen-bond acceptors (Lipinski definition) is 5. The molecule has 0 aliphatic carbocycles. The maximum absolute atomic E-state index is 13.8. The van der Waals surface area contributed by atoms with Crippen molar-refractivity contribution in [1.29, 1.82) is 0 Å². The summed E-state index contributed by atoms with van der Waals surface area (Å²) < 4.78 is 5.75. The summed E-state index contributed by atoms with van der Waals surface area (Å²) >= 11 is 0. The van der Waals surface area contributed by atoms with Crippen molar-refractivity contribution in [1.82, 2.24) is 15.5 Å². The van der Waals surface area contributed by atoms with Gasteiger partial charge >= 0.3 is 5.97 Å². The van der Waals surface area contributed by atoms with Crippen LogP contribution in [0.5, 0.6) is 5.75 Å². The molecule has 0 radical (unpaired) electrons. The molecular weight excluding hydrogens is 482 g/mol. The molecule has 214 valence electrons. The Balaban J connectivity index is 3.29. The van der Waals surface area contributed by atoms with Gasteiger partial charge in [-0.3, -0.25) is 9.59 Å². The fraction of sp³-hybridized carbons (Fsp3) is 0.633. The quantitative estimate of drug-likeness (QED) is 0.346. The molecule has 0 aliphatic rings. The van der Waals surface area contributed by atoms with Gasteiger partial charge in [0.15, 0.2) is 0 Å². The maximum atomic E-state index is 13.8. The van der Waals surface area contributed by atoms with Crippen LogP contribution in [0.3, 0.4) is 0 Å². The van der Waals surface area contributed by atoms with Crippen molar-refractivity contribution in [3.05, 3.63) is 41.5 Å². The largest absolute Gasteiger partial charge is 0.491 e. The molecule has 1 aromatic carbocycles. The third kappa shape index (κ3) is 8.58. The average molecular weight is 532 g/mol. The van der Waals surface area contributed by atoms with Gasteiger partial charge in [-0.15, -0.1) is 0 Å². The summed E-state index contributed by atoms with van der Waals surface area (Å²) in [6.45, 7) is 19.0. The first kappa shape index (κ1) is 33.2. The highest BCUT2D eigenvalue weighted by molar-refractivity contribution is 5.91. The van der Waals surface area contributed by atoms with Crippen LogP contribution in [0.4, 0.5) is 0 Å². The van der Waals surface area contributed by atoms with Gasteiger partial charge in [0, 0.05) is 18.0 Å². The predicted octanol–water partition coefficient (Wildman–Crippen LogP) is 4.38. The molecule has 3 N–H and O–H groups in total. The molecule has 1 rings (SSSR count). The van der Waals surface area contributed by atoms with Gasteiger partial charge in [-0.05, 0) is 56.8 Å². The first-order chi connectivity index (χ1) is 17.3.